The molecule has 1 unspecified atom stereocenters. The van der Waals surface area contributed by atoms with Crippen molar-refractivity contribution in [3.63, 3.8) is 0 Å². The first-order chi connectivity index (χ1) is 13.0. The molecule has 27 heavy (non-hydrogen) atoms. The summed E-state index contributed by atoms with van der Waals surface area (Å²) in [5.74, 6) is 1.02. The number of aryl methyl sites for hydroxylation is 2. The lowest BCUT2D eigenvalue weighted by molar-refractivity contribution is 0.224. The number of amides is 2. The molecule has 3 aromatic rings. The van der Waals surface area contributed by atoms with Gasteiger partial charge in [0.25, 0.3) is 0 Å². The summed E-state index contributed by atoms with van der Waals surface area (Å²) in [7, 11) is 0. The minimum atomic E-state index is -0.192. The van der Waals surface area contributed by atoms with Crippen molar-refractivity contribution < 1.29 is 9.21 Å². The van der Waals surface area contributed by atoms with E-state index in [4.69, 9.17) is 4.42 Å². The largest absolute Gasteiger partial charge is 0.459 e. The minimum absolute atomic E-state index is 0.0270. The molecule has 1 aliphatic carbocycles. The van der Waals surface area contributed by atoms with Crippen LogP contribution in [0, 0.1) is 12.8 Å². The summed E-state index contributed by atoms with van der Waals surface area (Å²) in [5, 5.41) is 14.5. The second kappa shape index (κ2) is 7.10. The zero-order valence-electron chi connectivity index (χ0n) is 16.0. The number of aromatic amines is 1. The van der Waals surface area contributed by atoms with Crippen molar-refractivity contribution in [1.82, 2.24) is 20.8 Å². The van der Waals surface area contributed by atoms with Crippen LogP contribution in [0.25, 0.3) is 11.0 Å². The molecule has 0 bridgehead atoms. The van der Waals surface area contributed by atoms with Crippen LogP contribution in [0.2, 0.25) is 0 Å². The van der Waals surface area contributed by atoms with E-state index < -0.39 is 0 Å². The van der Waals surface area contributed by atoms with E-state index in [0.717, 1.165) is 47.2 Å². The van der Waals surface area contributed by atoms with Gasteiger partial charge in [-0.3, -0.25) is 5.10 Å². The molecule has 2 heterocycles. The van der Waals surface area contributed by atoms with Crippen molar-refractivity contribution in [2.75, 3.05) is 0 Å². The third kappa shape index (κ3) is 3.31. The molecule has 2 aromatic heterocycles. The van der Waals surface area contributed by atoms with Crippen LogP contribution in [-0.2, 0) is 6.42 Å². The zero-order valence-corrected chi connectivity index (χ0v) is 16.0. The van der Waals surface area contributed by atoms with Crippen molar-refractivity contribution in [2.45, 2.75) is 52.1 Å². The van der Waals surface area contributed by atoms with Crippen LogP contribution >= 0.6 is 0 Å². The summed E-state index contributed by atoms with van der Waals surface area (Å²) < 4.78 is 6.10. The average Bonchev–Trinajstić information content (AvgIpc) is 3.25. The van der Waals surface area contributed by atoms with E-state index in [1.54, 1.807) is 0 Å². The Balaban J connectivity index is 1.54. The van der Waals surface area contributed by atoms with Crippen molar-refractivity contribution in [1.29, 1.82) is 0 Å². The van der Waals surface area contributed by atoms with E-state index in [1.165, 1.54) is 5.56 Å². The molecule has 2 atom stereocenters. The fourth-order valence-corrected chi connectivity index (χ4v) is 3.97. The smallest absolute Gasteiger partial charge is 0.315 e. The molecular weight excluding hydrogens is 340 g/mol. The molecule has 6 heteroatoms. The van der Waals surface area contributed by atoms with Crippen LogP contribution in [0.3, 0.4) is 0 Å². The number of para-hydroxylation sites is 1. The van der Waals surface area contributed by atoms with Crippen LogP contribution < -0.4 is 10.6 Å². The lowest BCUT2D eigenvalue weighted by atomic mass is 9.94. The fraction of sp³-hybridized carbons (Fsp3) is 0.429. The summed E-state index contributed by atoms with van der Waals surface area (Å²) in [5.41, 5.74) is 4.16. The number of carbonyl (C=O) groups excluding carboxylic acids is 1. The lowest BCUT2D eigenvalue weighted by Crippen LogP contribution is -2.42. The van der Waals surface area contributed by atoms with Gasteiger partial charge in [-0.15, -0.1) is 0 Å². The van der Waals surface area contributed by atoms with Gasteiger partial charge in [-0.2, -0.15) is 5.10 Å². The van der Waals surface area contributed by atoms with Gasteiger partial charge >= 0.3 is 6.03 Å². The fourth-order valence-electron chi connectivity index (χ4n) is 3.97. The Hall–Kier alpha value is -2.76. The number of furan rings is 1. The van der Waals surface area contributed by atoms with Crippen LogP contribution in [0.4, 0.5) is 4.79 Å². The standard InChI is InChI=1S/C21H26N4O2/c1-12(2)18(20-13(3)15-8-4-5-10-17(15)27-20)24-21(26)23-16-9-6-7-14-11-22-25-19(14)16/h4-5,8,10-12,16,18H,6-7,9H2,1-3H3,(H,22,25)(H2,23,24,26)/t16?,18-/m1/s1. The molecule has 0 saturated carbocycles. The summed E-state index contributed by atoms with van der Waals surface area (Å²) in [6.07, 6.45) is 4.83. The summed E-state index contributed by atoms with van der Waals surface area (Å²) in [6.45, 7) is 6.23. The third-order valence-electron chi connectivity index (χ3n) is 5.46. The first-order valence-corrected chi connectivity index (χ1v) is 9.61. The van der Waals surface area contributed by atoms with E-state index in [1.807, 2.05) is 31.3 Å². The minimum Gasteiger partial charge on any atom is -0.459 e. The van der Waals surface area contributed by atoms with Crippen LogP contribution in [-0.4, -0.2) is 16.2 Å². The number of hydrogen-bond donors (Lipinski definition) is 3. The lowest BCUT2D eigenvalue weighted by Gasteiger charge is -2.26. The summed E-state index contributed by atoms with van der Waals surface area (Å²) in [6, 6.07) is 7.58. The Bertz CT molecular complexity index is 956. The molecule has 1 aromatic carbocycles. The SMILES string of the molecule is Cc1c([C@H](NC(=O)NC2CCCc3cn[nH]c32)C(C)C)oc2ccccc12. The van der Waals surface area contributed by atoms with Crippen molar-refractivity contribution >= 4 is 17.0 Å². The van der Waals surface area contributed by atoms with E-state index in [-0.39, 0.29) is 24.0 Å². The van der Waals surface area contributed by atoms with Crippen LogP contribution in [0.15, 0.2) is 34.9 Å². The quantitative estimate of drug-likeness (QED) is 0.634. The van der Waals surface area contributed by atoms with E-state index in [0.29, 0.717) is 0 Å². The van der Waals surface area contributed by atoms with Crippen molar-refractivity contribution in [2.24, 2.45) is 5.92 Å². The second-order valence-corrected chi connectivity index (χ2v) is 7.68. The van der Waals surface area contributed by atoms with Gasteiger partial charge in [-0.1, -0.05) is 32.0 Å². The number of carbonyl (C=O) groups is 1. The zero-order chi connectivity index (χ0) is 19.0. The monoisotopic (exact) mass is 366 g/mol. The topological polar surface area (TPSA) is 83.0 Å². The highest BCUT2D eigenvalue weighted by Crippen LogP contribution is 2.33. The Morgan fingerprint density at radius 1 is 1.33 bits per heavy atom. The molecule has 142 valence electrons. The Labute approximate surface area is 158 Å². The maximum atomic E-state index is 12.8. The van der Waals surface area contributed by atoms with Crippen LogP contribution in [0.1, 0.15) is 61.4 Å². The number of aromatic nitrogens is 2. The van der Waals surface area contributed by atoms with Gasteiger partial charge in [0.05, 0.1) is 24.0 Å². The number of urea groups is 1. The Morgan fingerprint density at radius 2 is 2.15 bits per heavy atom. The Morgan fingerprint density at radius 3 is 2.93 bits per heavy atom. The maximum absolute atomic E-state index is 12.8. The van der Waals surface area contributed by atoms with Gasteiger partial charge in [0.2, 0.25) is 0 Å². The number of hydrogen-bond acceptors (Lipinski definition) is 3. The van der Waals surface area contributed by atoms with Crippen LogP contribution in [0.5, 0.6) is 0 Å². The van der Waals surface area contributed by atoms with Gasteiger partial charge in [-0.05, 0) is 43.7 Å². The Kier molecular flexibility index (Phi) is 4.64. The maximum Gasteiger partial charge on any atom is 0.315 e. The van der Waals surface area contributed by atoms with E-state index in [9.17, 15) is 4.79 Å². The third-order valence-corrected chi connectivity index (χ3v) is 5.46. The molecule has 0 radical (unpaired) electrons. The number of fused-ring (bicyclic) bond motifs is 2. The number of nitrogens with one attached hydrogen (secondary N) is 3. The molecule has 1 aliphatic rings. The molecule has 0 saturated heterocycles. The predicted octanol–water partition coefficient (Wildman–Crippen LogP) is 4.54. The molecule has 2 amide bonds. The number of benzene rings is 1. The van der Waals surface area contributed by atoms with Gasteiger partial charge < -0.3 is 15.1 Å². The van der Waals surface area contributed by atoms with E-state index >= 15 is 0 Å². The summed E-state index contributed by atoms with van der Waals surface area (Å²) in [4.78, 5) is 12.8. The summed E-state index contributed by atoms with van der Waals surface area (Å²) >= 11 is 0. The normalized spacial score (nSPS) is 17.7. The van der Waals surface area contributed by atoms with Crippen molar-refractivity contribution in [3.05, 3.63) is 53.0 Å². The number of rotatable bonds is 4. The molecule has 3 N–H and O–H groups in total. The first kappa shape index (κ1) is 17.6. The molecule has 0 spiro atoms. The molecule has 6 nitrogen and oxygen atoms in total. The molecule has 0 aliphatic heterocycles. The van der Waals surface area contributed by atoms with Gasteiger partial charge in [-0.25, -0.2) is 4.79 Å². The molecule has 4 rings (SSSR count). The van der Waals surface area contributed by atoms with Gasteiger partial charge in [0, 0.05) is 10.9 Å². The second-order valence-electron chi connectivity index (χ2n) is 7.68. The number of nitrogens with zero attached hydrogens (tertiary/aromatic N) is 1. The van der Waals surface area contributed by atoms with E-state index in [2.05, 4.69) is 40.7 Å². The average molecular weight is 366 g/mol. The highest BCUT2D eigenvalue weighted by atomic mass is 16.3. The predicted molar refractivity (Wildman–Crippen MR) is 104 cm³/mol. The van der Waals surface area contributed by atoms with Gasteiger partial charge in [0.1, 0.15) is 11.3 Å². The molecular formula is C21H26N4O2. The van der Waals surface area contributed by atoms with Crippen molar-refractivity contribution in [3.8, 4) is 0 Å². The highest BCUT2D eigenvalue weighted by molar-refractivity contribution is 5.82. The highest BCUT2D eigenvalue weighted by Gasteiger charge is 2.28. The molecule has 0 fully saturated rings. The first-order valence-electron chi connectivity index (χ1n) is 9.61. The number of H-pyrrole nitrogens is 1. The van der Waals surface area contributed by atoms with Gasteiger partial charge in [0.15, 0.2) is 0 Å².